The summed E-state index contributed by atoms with van der Waals surface area (Å²) in [6.45, 7) is 0.0970. The number of aliphatic carboxylic acids is 1. The van der Waals surface area contributed by atoms with Gasteiger partial charge in [-0.15, -0.1) is 0 Å². The summed E-state index contributed by atoms with van der Waals surface area (Å²) >= 11 is 0. The van der Waals surface area contributed by atoms with E-state index in [1.165, 1.54) is 12.1 Å². The van der Waals surface area contributed by atoms with Gasteiger partial charge in [-0.2, -0.15) is 0 Å². The van der Waals surface area contributed by atoms with Gasteiger partial charge in [-0.25, -0.2) is 4.39 Å². The van der Waals surface area contributed by atoms with E-state index < -0.39 is 5.97 Å². The second-order valence-corrected chi connectivity index (χ2v) is 5.24. The van der Waals surface area contributed by atoms with Crippen LogP contribution in [0.4, 0.5) is 4.39 Å². The summed E-state index contributed by atoms with van der Waals surface area (Å²) in [5, 5.41) is 8.81. The summed E-state index contributed by atoms with van der Waals surface area (Å²) in [5.41, 5.74) is 2.16. The third-order valence-corrected chi connectivity index (χ3v) is 3.53. The van der Waals surface area contributed by atoms with Gasteiger partial charge >= 0.3 is 5.97 Å². The maximum absolute atomic E-state index is 12.9. The first-order chi connectivity index (χ1) is 11.0. The first-order valence-corrected chi connectivity index (χ1v) is 7.01. The van der Waals surface area contributed by atoms with Gasteiger partial charge in [-0.3, -0.25) is 9.59 Å². The molecular weight excluding hydrogens is 299 g/mol. The molecule has 1 N–H and O–H groups in total. The highest BCUT2D eigenvalue weighted by Gasteiger charge is 2.23. The number of carbonyl (C=O) groups excluding carboxylic acids is 1. The monoisotopic (exact) mass is 312 g/mol. The molecule has 0 fully saturated rings. The van der Waals surface area contributed by atoms with E-state index in [0.717, 1.165) is 0 Å². The van der Waals surface area contributed by atoms with E-state index >= 15 is 0 Å². The van der Waals surface area contributed by atoms with Crippen LogP contribution in [-0.2, 0) is 11.2 Å². The third kappa shape index (κ3) is 3.29. The smallest absolute Gasteiger partial charge is 0.307 e. The molecule has 2 aromatic carbocycles. The minimum atomic E-state index is -0.941. The minimum absolute atomic E-state index is 0.0970. The summed E-state index contributed by atoms with van der Waals surface area (Å²) in [5.74, 6) is -1.05. The topological polar surface area (TPSA) is 63.6 Å². The van der Waals surface area contributed by atoms with Gasteiger partial charge in [-0.1, -0.05) is 18.2 Å². The highest BCUT2D eigenvalue weighted by Crippen LogP contribution is 2.29. The Hall–Kier alpha value is -2.95. The van der Waals surface area contributed by atoms with Crippen molar-refractivity contribution >= 4 is 17.8 Å². The number of carboxylic acid groups (broad SMARTS) is 1. The molecule has 0 saturated carbocycles. The lowest BCUT2D eigenvalue weighted by Gasteiger charge is -2.19. The minimum Gasteiger partial charge on any atom is -0.488 e. The molecule has 0 saturated heterocycles. The van der Waals surface area contributed by atoms with Gasteiger partial charge in [0.25, 0.3) is 0 Å². The van der Waals surface area contributed by atoms with E-state index in [1.54, 1.807) is 36.4 Å². The number of ketones is 1. The molecule has 0 unspecified atom stereocenters. The van der Waals surface area contributed by atoms with Crippen LogP contribution < -0.4 is 4.74 Å². The predicted molar refractivity (Wildman–Crippen MR) is 82.0 cm³/mol. The van der Waals surface area contributed by atoms with Crippen molar-refractivity contribution in [1.29, 1.82) is 0 Å². The number of fused-ring (bicyclic) bond motifs is 1. The van der Waals surface area contributed by atoms with Crippen LogP contribution in [0.25, 0.3) is 6.08 Å². The highest BCUT2D eigenvalue weighted by molar-refractivity contribution is 6.14. The molecule has 1 aliphatic rings. The van der Waals surface area contributed by atoms with E-state index in [4.69, 9.17) is 9.84 Å². The fraction of sp³-hybridized carbons (Fsp3) is 0.111. The van der Waals surface area contributed by atoms with Crippen LogP contribution in [-0.4, -0.2) is 23.5 Å². The Morgan fingerprint density at radius 3 is 2.65 bits per heavy atom. The van der Waals surface area contributed by atoms with Crippen molar-refractivity contribution in [3.8, 4) is 5.75 Å². The zero-order valence-electron chi connectivity index (χ0n) is 12.1. The van der Waals surface area contributed by atoms with Gasteiger partial charge in [-0.05, 0) is 41.5 Å². The molecule has 0 radical (unpaired) electrons. The number of hydrogen-bond donors (Lipinski definition) is 1. The number of Topliss-reactive ketones (excluding diaryl/α,β-unsaturated/α-hetero) is 1. The van der Waals surface area contributed by atoms with Crippen molar-refractivity contribution in [3.05, 3.63) is 70.5 Å². The first kappa shape index (κ1) is 15.0. The molecule has 2 aromatic rings. The Kier molecular flexibility index (Phi) is 3.93. The van der Waals surface area contributed by atoms with E-state index in [2.05, 4.69) is 0 Å². The van der Waals surface area contributed by atoms with Crippen molar-refractivity contribution in [3.63, 3.8) is 0 Å². The zero-order chi connectivity index (χ0) is 16.4. The molecule has 4 nitrogen and oxygen atoms in total. The summed E-state index contributed by atoms with van der Waals surface area (Å²) in [6, 6.07) is 10.6. The second kappa shape index (κ2) is 6.04. The van der Waals surface area contributed by atoms with E-state index in [-0.39, 0.29) is 24.6 Å². The summed E-state index contributed by atoms with van der Waals surface area (Å²) in [4.78, 5) is 23.2. The Labute approximate surface area is 131 Å². The fourth-order valence-electron chi connectivity index (χ4n) is 2.42. The average molecular weight is 312 g/mol. The van der Waals surface area contributed by atoms with Gasteiger partial charge in [0.15, 0.2) is 5.78 Å². The van der Waals surface area contributed by atoms with Crippen molar-refractivity contribution in [1.82, 2.24) is 0 Å². The van der Waals surface area contributed by atoms with Crippen molar-refractivity contribution < 1.29 is 23.8 Å². The molecule has 1 aliphatic heterocycles. The van der Waals surface area contributed by atoms with Crippen LogP contribution in [0.15, 0.2) is 48.0 Å². The summed E-state index contributed by atoms with van der Waals surface area (Å²) in [7, 11) is 0. The standard InChI is InChI=1S/C18H13FO4/c19-14-4-1-11(2-5-14)7-13-10-23-16-8-12(9-17(20)21)3-6-15(16)18(13)22/h1-8H,9-10H2,(H,20,21)/b13-7+. The maximum Gasteiger partial charge on any atom is 0.307 e. The van der Waals surface area contributed by atoms with Crippen molar-refractivity contribution in [2.24, 2.45) is 0 Å². The van der Waals surface area contributed by atoms with Crippen LogP contribution in [0.1, 0.15) is 21.5 Å². The van der Waals surface area contributed by atoms with Crippen LogP contribution in [0.2, 0.25) is 0 Å². The lowest BCUT2D eigenvalue weighted by Crippen LogP contribution is -2.19. The Bertz CT molecular complexity index is 806. The van der Waals surface area contributed by atoms with Gasteiger partial charge in [0.1, 0.15) is 18.2 Å². The van der Waals surface area contributed by atoms with Crippen LogP contribution in [0, 0.1) is 5.82 Å². The average Bonchev–Trinajstić information content (AvgIpc) is 2.51. The molecule has 0 amide bonds. The number of ether oxygens (including phenoxy) is 1. The number of rotatable bonds is 3. The number of benzene rings is 2. The van der Waals surface area contributed by atoms with E-state index in [1.807, 2.05) is 0 Å². The molecule has 0 spiro atoms. The van der Waals surface area contributed by atoms with Crippen LogP contribution in [0.5, 0.6) is 5.75 Å². The summed E-state index contributed by atoms with van der Waals surface area (Å²) < 4.78 is 18.5. The maximum atomic E-state index is 12.9. The number of carbonyl (C=O) groups is 2. The van der Waals surface area contributed by atoms with E-state index in [0.29, 0.717) is 28.0 Å². The molecule has 0 bridgehead atoms. The molecule has 0 atom stereocenters. The Morgan fingerprint density at radius 1 is 1.22 bits per heavy atom. The largest absolute Gasteiger partial charge is 0.488 e. The quantitative estimate of drug-likeness (QED) is 0.885. The molecular formula is C18H13FO4. The van der Waals surface area contributed by atoms with Gasteiger partial charge in [0, 0.05) is 5.57 Å². The van der Waals surface area contributed by atoms with Gasteiger partial charge in [0.2, 0.25) is 0 Å². The van der Waals surface area contributed by atoms with E-state index in [9.17, 15) is 14.0 Å². The number of carboxylic acids is 1. The lowest BCUT2D eigenvalue weighted by atomic mass is 9.96. The predicted octanol–water partition coefficient (Wildman–Crippen LogP) is 3.11. The highest BCUT2D eigenvalue weighted by atomic mass is 19.1. The third-order valence-electron chi connectivity index (χ3n) is 3.53. The molecule has 116 valence electrons. The van der Waals surface area contributed by atoms with Crippen LogP contribution in [0.3, 0.4) is 0 Å². The summed E-state index contributed by atoms with van der Waals surface area (Å²) in [6.07, 6.45) is 1.54. The zero-order valence-corrected chi connectivity index (χ0v) is 12.1. The van der Waals surface area contributed by atoms with Gasteiger partial charge in [0.05, 0.1) is 12.0 Å². The number of hydrogen-bond acceptors (Lipinski definition) is 3. The second-order valence-electron chi connectivity index (χ2n) is 5.24. The lowest BCUT2D eigenvalue weighted by molar-refractivity contribution is -0.136. The molecule has 3 rings (SSSR count). The normalized spacial score (nSPS) is 15.2. The Balaban J connectivity index is 1.88. The molecule has 1 heterocycles. The fourth-order valence-corrected chi connectivity index (χ4v) is 2.42. The SMILES string of the molecule is O=C(O)Cc1ccc2c(c1)OC/C(=C\c1ccc(F)cc1)C2=O. The number of halogens is 1. The van der Waals surface area contributed by atoms with Crippen LogP contribution >= 0.6 is 0 Å². The Morgan fingerprint density at radius 2 is 1.96 bits per heavy atom. The molecule has 0 aliphatic carbocycles. The molecule has 23 heavy (non-hydrogen) atoms. The van der Waals surface area contributed by atoms with Crippen molar-refractivity contribution in [2.45, 2.75) is 6.42 Å². The van der Waals surface area contributed by atoms with Crippen molar-refractivity contribution in [2.75, 3.05) is 6.61 Å². The molecule has 5 heteroatoms. The first-order valence-electron chi connectivity index (χ1n) is 7.01. The molecule has 0 aromatic heterocycles. The van der Waals surface area contributed by atoms with Gasteiger partial charge < -0.3 is 9.84 Å².